The summed E-state index contributed by atoms with van der Waals surface area (Å²) in [6, 6.07) is 18.7. The van der Waals surface area contributed by atoms with Gasteiger partial charge in [0.2, 0.25) is 5.56 Å². The highest BCUT2D eigenvalue weighted by atomic mass is 16.1. The number of aryl methyl sites for hydroxylation is 2. The van der Waals surface area contributed by atoms with Crippen LogP contribution in [-0.4, -0.2) is 14.5 Å². The molecule has 2 aromatic carbocycles. The van der Waals surface area contributed by atoms with Crippen molar-refractivity contribution in [3.63, 3.8) is 0 Å². The fourth-order valence-electron chi connectivity index (χ4n) is 4.09. The summed E-state index contributed by atoms with van der Waals surface area (Å²) in [5.74, 6) is 1.16. The molecule has 0 radical (unpaired) electrons. The van der Waals surface area contributed by atoms with Crippen molar-refractivity contribution in [3.05, 3.63) is 88.1 Å². The molecule has 1 aliphatic heterocycles. The van der Waals surface area contributed by atoms with Crippen LogP contribution in [0, 0.1) is 6.92 Å². The molecule has 0 aliphatic carbocycles. The van der Waals surface area contributed by atoms with Gasteiger partial charge in [-0.15, -0.1) is 0 Å². The monoisotopic (exact) mass is 341 g/mol. The molecule has 0 saturated carbocycles. The Kier molecular flexibility index (Phi) is 3.32. The zero-order chi connectivity index (χ0) is 17.7. The lowest BCUT2D eigenvalue weighted by molar-refractivity contribution is 0.633. The molecule has 0 amide bonds. The molecule has 0 spiro atoms. The van der Waals surface area contributed by atoms with Crippen molar-refractivity contribution >= 4 is 11.0 Å². The number of rotatable bonds is 2. The van der Waals surface area contributed by atoms with Crippen LogP contribution in [0.2, 0.25) is 0 Å². The minimum Gasteiger partial charge on any atom is -0.328 e. The van der Waals surface area contributed by atoms with E-state index in [1.165, 1.54) is 11.1 Å². The summed E-state index contributed by atoms with van der Waals surface area (Å²) in [4.78, 5) is 18.9. The Bertz CT molecular complexity index is 1170. The third kappa shape index (κ3) is 2.30. The molecule has 4 nitrogen and oxygen atoms in total. The molecule has 1 atom stereocenters. The average Bonchev–Trinajstić information content (AvgIpc) is 3.22. The van der Waals surface area contributed by atoms with Gasteiger partial charge < -0.3 is 9.55 Å². The number of aromatic nitrogens is 3. The molecule has 0 fully saturated rings. The normalized spacial score (nSPS) is 16.1. The predicted molar refractivity (Wildman–Crippen MR) is 103 cm³/mol. The molecule has 1 N–H and O–H groups in total. The molecule has 5 rings (SSSR count). The fraction of sp³-hybridized carbons (Fsp3) is 0.182. The van der Waals surface area contributed by atoms with Gasteiger partial charge in [0.15, 0.2) is 0 Å². The smallest absolute Gasteiger partial charge is 0.247 e. The number of fused-ring (bicyclic) bond motifs is 3. The molecule has 3 heterocycles. The van der Waals surface area contributed by atoms with Gasteiger partial charge in [0, 0.05) is 18.7 Å². The van der Waals surface area contributed by atoms with E-state index in [1.807, 2.05) is 6.07 Å². The van der Waals surface area contributed by atoms with Gasteiger partial charge >= 0.3 is 0 Å². The third-order valence-electron chi connectivity index (χ3n) is 5.38. The van der Waals surface area contributed by atoms with Gasteiger partial charge in [0.1, 0.15) is 5.82 Å². The van der Waals surface area contributed by atoms with Crippen LogP contribution in [0.4, 0.5) is 0 Å². The van der Waals surface area contributed by atoms with Crippen molar-refractivity contribution in [1.82, 2.24) is 14.5 Å². The molecule has 128 valence electrons. The van der Waals surface area contributed by atoms with E-state index in [0.717, 1.165) is 40.8 Å². The second-order valence-corrected chi connectivity index (χ2v) is 6.95. The van der Waals surface area contributed by atoms with E-state index in [0.29, 0.717) is 6.04 Å². The topological polar surface area (TPSA) is 50.7 Å². The molecule has 1 aliphatic rings. The number of nitrogens with one attached hydrogen (secondary N) is 1. The van der Waals surface area contributed by atoms with Gasteiger partial charge in [0.05, 0.1) is 17.1 Å². The predicted octanol–water partition coefficient (Wildman–Crippen LogP) is 4.24. The Hall–Kier alpha value is -3.14. The maximum atomic E-state index is 11.3. The third-order valence-corrected chi connectivity index (χ3v) is 5.38. The molecule has 2 aromatic heterocycles. The van der Waals surface area contributed by atoms with Crippen LogP contribution in [0.5, 0.6) is 0 Å². The largest absolute Gasteiger partial charge is 0.328 e. The minimum absolute atomic E-state index is 0.0836. The molecule has 0 saturated heterocycles. The molecular weight excluding hydrogens is 322 g/mol. The van der Waals surface area contributed by atoms with Crippen molar-refractivity contribution in [2.75, 3.05) is 0 Å². The van der Waals surface area contributed by atoms with Crippen LogP contribution in [-0.2, 0) is 6.42 Å². The van der Waals surface area contributed by atoms with Crippen molar-refractivity contribution in [1.29, 1.82) is 0 Å². The number of hydrogen-bond donors (Lipinski definition) is 1. The maximum absolute atomic E-state index is 11.3. The van der Waals surface area contributed by atoms with Crippen molar-refractivity contribution in [3.8, 4) is 11.1 Å². The van der Waals surface area contributed by atoms with E-state index in [1.54, 1.807) is 12.3 Å². The average molecular weight is 341 g/mol. The van der Waals surface area contributed by atoms with Gasteiger partial charge in [-0.05, 0) is 53.8 Å². The molecular formula is C22H19N3O. The van der Waals surface area contributed by atoms with Crippen molar-refractivity contribution in [2.24, 2.45) is 0 Å². The van der Waals surface area contributed by atoms with E-state index in [2.05, 4.69) is 58.9 Å². The van der Waals surface area contributed by atoms with Crippen LogP contribution in [0.1, 0.15) is 29.4 Å². The fourth-order valence-corrected chi connectivity index (χ4v) is 4.09. The summed E-state index contributed by atoms with van der Waals surface area (Å²) in [5.41, 5.74) is 6.91. The van der Waals surface area contributed by atoms with Gasteiger partial charge in [-0.25, -0.2) is 4.98 Å². The lowest BCUT2D eigenvalue weighted by Gasteiger charge is -2.17. The minimum atomic E-state index is -0.0836. The van der Waals surface area contributed by atoms with E-state index in [9.17, 15) is 4.79 Å². The van der Waals surface area contributed by atoms with Gasteiger partial charge in [-0.2, -0.15) is 0 Å². The number of nitrogens with zero attached hydrogens (tertiary/aromatic N) is 2. The zero-order valence-corrected chi connectivity index (χ0v) is 14.6. The maximum Gasteiger partial charge on any atom is 0.247 e. The lowest BCUT2D eigenvalue weighted by atomic mass is 9.99. The second kappa shape index (κ2) is 5.70. The molecule has 0 bridgehead atoms. The number of pyridine rings is 1. The van der Waals surface area contributed by atoms with Crippen LogP contribution in [0.25, 0.3) is 22.2 Å². The van der Waals surface area contributed by atoms with E-state index < -0.39 is 0 Å². The molecule has 4 heteroatoms. The summed E-state index contributed by atoms with van der Waals surface area (Å²) in [5, 5.41) is 0. The zero-order valence-electron chi connectivity index (χ0n) is 14.6. The number of benzene rings is 2. The second-order valence-electron chi connectivity index (χ2n) is 6.95. The van der Waals surface area contributed by atoms with Crippen LogP contribution in [0.3, 0.4) is 0 Å². The summed E-state index contributed by atoms with van der Waals surface area (Å²) in [7, 11) is 0. The molecule has 1 unspecified atom stereocenters. The van der Waals surface area contributed by atoms with E-state index in [-0.39, 0.29) is 5.56 Å². The Labute approximate surface area is 151 Å². The first-order valence-electron chi connectivity index (χ1n) is 8.96. The highest BCUT2D eigenvalue weighted by Gasteiger charge is 2.27. The Morgan fingerprint density at radius 3 is 2.73 bits per heavy atom. The first-order chi connectivity index (χ1) is 12.7. The highest BCUT2D eigenvalue weighted by molar-refractivity contribution is 5.83. The number of H-pyrrole nitrogens is 1. The Balaban J connectivity index is 1.68. The van der Waals surface area contributed by atoms with Gasteiger partial charge in [-0.3, -0.25) is 4.79 Å². The van der Waals surface area contributed by atoms with E-state index >= 15 is 0 Å². The Morgan fingerprint density at radius 1 is 1.08 bits per heavy atom. The molecule has 4 aromatic rings. The summed E-state index contributed by atoms with van der Waals surface area (Å²) < 4.78 is 2.40. The highest BCUT2D eigenvalue weighted by Crippen LogP contribution is 2.37. The van der Waals surface area contributed by atoms with Crippen molar-refractivity contribution in [2.45, 2.75) is 25.8 Å². The van der Waals surface area contributed by atoms with Gasteiger partial charge in [0.25, 0.3) is 0 Å². The van der Waals surface area contributed by atoms with Crippen LogP contribution < -0.4 is 5.56 Å². The number of imidazole rings is 1. The summed E-state index contributed by atoms with van der Waals surface area (Å²) in [6.45, 7) is 2.18. The van der Waals surface area contributed by atoms with Crippen molar-refractivity contribution < 1.29 is 0 Å². The number of hydrogen-bond acceptors (Lipinski definition) is 2. The first kappa shape index (κ1) is 15.1. The number of aromatic amines is 1. The quantitative estimate of drug-likeness (QED) is 0.593. The van der Waals surface area contributed by atoms with E-state index in [4.69, 9.17) is 4.98 Å². The summed E-state index contributed by atoms with van der Waals surface area (Å²) >= 11 is 0. The standard InChI is InChI=1S/C22H19N3O/c1-14-4-2-3-5-17(14)19-9-10-21-24-18-8-6-15(12-20(18)25(19)21)16-7-11-22(26)23-13-16/h2-8,11-13,19H,9-10H2,1H3,(H,23,26). The first-order valence-corrected chi connectivity index (χ1v) is 8.96. The SMILES string of the molecule is Cc1ccccc1C1CCc2nc3ccc(-c4ccc(=O)[nH]c4)cc3n21. The molecule has 26 heavy (non-hydrogen) atoms. The lowest BCUT2D eigenvalue weighted by Crippen LogP contribution is -2.07. The summed E-state index contributed by atoms with van der Waals surface area (Å²) in [6.07, 6.45) is 3.86. The van der Waals surface area contributed by atoms with Crippen LogP contribution >= 0.6 is 0 Å². The van der Waals surface area contributed by atoms with Crippen LogP contribution in [0.15, 0.2) is 65.6 Å². The van der Waals surface area contributed by atoms with Gasteiger partial charge in [-0.1, -0.05) is 30.3 Å². The Morgan fingerprint density at radius 2 is 1.92 bits per heavy atom.